The minimum absolute atomic E-state index is 0.400. The van der Waals surface area contributed by atoms with Crippen molar-refractivity contribution in [1.29, 1.82) is 0 Å². The maximum absolute atomic E-state index is 5.86. The molecule has 90 valence electrons. The number of hydrogen-bond acceptors (Lipinski definition) is 1. The maximum atomic E-state index is 5.86. The average molecular weight is 240 g/mol. The zero-order chi connectivity index (χ0) is 12.0. The molecule has 1 aromatic carbocycles. The van der Waals surface area contributed by atoms with E-state index in [1.54, 1.807) is 0 Å². The van der Waals surface area contributed by atoms with Crippen molar-refractivity contribution in [1.82, 2.24) is 5.32 Å². The summed E-state index contributed by atoms with van der Waals surface area (Å²) < 4.78 is 0. The predicted molar refractivity (Wildman–Crippen MR) is 71.9 cm³/mol. The normalized spacial score (nSPS) is 14.8. The topological polar surface area (TPSA) is 12.0 Å². The molecular formula is C14H22ClN. The summed E-state index contributed by atoms with van der Waals surface area (Å²) in [7, 11) is 0. The van der Waals surface area contributed by atoms with Crippen LogP contribution in [0, 0.1) is 5.92 Å². The van der Waals surface area contributed by atoms with E-state index in [4.69, 9.17) is 11.6 Å². The van der Waals surface area contributed by atoms with Gasteiger partial charge in [0.05, 0.1) is 0 Å². The summed E-state index contributed by atoms with van der Waals surface area (Å²) in [4.78, 5) is 0. The molecule has 0 bridgehead atoms. The first-order chi connectivity index (χ1) is 7.63. The number of benzene rings is 1. The molecule has 0 radical (unpaired) electrons. The van der Waals surface area contributed by atoms with Gasteiger partial charge in [-0.25, -0.2) is 0 Å². The Morgan fingerprint density at radius 2 is 1.81 bits per heavy atom. The molecule has 2 heteroatoms. The Morgan fingerprint density at radius 3 is 2.38 bits per heavy atom. The van der Waals surface area contributed by atoms with Gasteiger partial charge in [-0.2, -0.15) is 0 Å². The van der Waals surface area contributed by atoms with Crippen LogP contribution in [0.2, 0.25) is 5.02 Å². The molecule has 2 atom stereocenters. The highest BCUT2D eigenvalue weighted by Gasteiger charge is 2.06. The Labute approximate surface area is 104 Å². The molecule has 0 spiro atoms. The fourth-order valence-corrected chi connectivity index (χ4v) is 1.97. The van der Waals surface area contributed by atoms with Crippen molar-refractivity contribution in [3.63, 3.8) is 0 Å². The summed E-state index contributed by atoms with van der Waals surface area (Å²) >= 11 is 5.86. The lowest BCUT2D eigenvalue weighted by Crippen LogP contribution is -2.24. The van der Waals surface area contributed by atoms with Crippen LogP contribution in [0.1, 0.15) is 45.2 Å². The quantitative estimate of drug-likeness (QED) is 0.775. The summed E-state index contributed by atoms with van der Waals surface area (Å²) in [5.41, 5.74) is 1.30. The molecule has 0 aromatic heterocycles. The highest BCUT2D eigenvalue weighted by atomic mass is 35.5. The van der Waals surface area contributed by atoms with Gasteiger partial charge in [0.15, 0.2) is 0 Å². The number of hydrogen-bond donors (Lipinski definition) is 1. The lowest BCUT2D eigenvalue weighted by molar-refractivity contribution is 0.444. The SMILES string of the molecule is CCCC(C)CN[C@H](C)c1ccc(Cl)cc1. The van der Waals surface area contributed by atoms with E-state index in [-0.39, 0.29) is 0 Å². The third-order valence-corrected chi connectivity index (χ3v) is 3.18. The van der Waals surface area contributed by atoms with Gasteiger partial charge in [-0.15, -0.1) is 0 Å². The maximum Gasteiger partial charge on any atom is 0.0406 e. The third-order valence-electron chi connectivity index (χ3n) is 2.92. The van der Waals surface area contributed by atoms with Crippen molar-refractivity contribution in [3.05, 3.63) is 34.9 Å². The van der Waals surface area contributed by atoms with Crippen LogP contribution in [0.3, 0.4) is 0 Å². The van der Waals surface area contributed by atoms with E-state index in [1.165, 1.54) is 18.4 Å². The second-order valence-electron chi connectivity index (χ2n) is 4.58. The number of halogens is 1. The average Bonchev–Trinajstić information content (AvgIpc) is 2.27. The van der Waals surface area contributed by atoms with E-state index in [1.807, 2.05) is 12.1 Å². The highest BCUT2D eigenvalue weighted by Crippen LogP contribution is 2.16. The Balaban J connectivity index is 2.40. The minimum Gasteiger partial charge on any atom is -0.310 e. The van der Waals surface area contributed by atoms with Crippen LogP contribution in [0.4, 0.5) is 0 Å². The number of nitrogens with one attached hydrogen (secondary N) is 1. The second-order valence-corrected chi connectivity index (χ2v) is 5.01. The van der Waals surface area contributed by atoms with E-state index in [9.17, 15) is 0 Å². The largest absolute Gasteiger partial charge is 0.310 e. The van der Waals surface area contributed by atoms with Gasteiger partial charge >= 0.3 is 0 Å². The molecule has 1 rings (SSSR count). The zero-order valence-electron chi connectivity index (χ0n) is 10.5. The van der Waals surface area contributed by atoms with Crippen LogP contribution in [-0.2, 0) is 0 Å². The molecule has 0 fully saturated rings. The van der Waals surface area contributed by atoms with E-state index >= 15 is 0 Å². The Hall–Kier alpha value is -0.530. The third kappa shape index (κ3) is 4.54. The molecule has 0 saturated carbocycles. The molecule has 16 heavy (non-hydrogen) atoms. The van der Waals surface area contributed by atoms with E-state index in [2.05, 4.69) is 38.2 Å². The smallest absolute Gasteiger partial charge is 0.0406 e. The van der Waals surface area contributed by atoms with E-state index in [0.29, 0.717) is 6.04 Å². The Bertz CT molecular complexity index is 294. The van der Waals surface area contributed by atoms with Crippen molar-refractivity contribution in [2.75, 3.05) is 6.54 Å². The number of rotatable bonds is 6. The van der Waals surface area contributed by atoms with Crippen molar-refractivity contribution >= 4 is 11.6 Å². The van der Waals surface area contributed by atoms with Gasteiger partial charge in [0.2, 0.25) is 0 Å². The fourth-order valence-electron chi connectivity index (χ4n) is 1.84. The Kier molecular flexibility index (Phi) is 5.86. The van der Waals surface area contributed by atoms with Crippen LogP contribution in [-0.4, -0.2) is 6.54 Å². The van der Waals surface area contributed by atoms with E-state index in [0.717, 1.165) is 17.5 Å². The first-order valence-corrected chi connectivity index (χ1v) is 6.50. The van der Waals surface area contributed by atoms with Crippen molar-refractivity contribution in [3.8, 4) is 0 Å². The first-order valence-electron chi connectivity index (χ1n) is 6.12. The van der Waals surface area contributed by atoms with Crippen LogP contribution < -0.4 is 5.32 Å². The molecule has 0 aliphatic heterocycles. The predicted octanol–water partition coefficient (Wildman–Crippen LogP) is 4.43. The van der Waals surface area contributed by atoms with E-state index < -0.39 is 0 Å². The monoisotopic (exact) mass is 239 g/mol. The lowest BCUT2D eigenvalue weighted by Gasteiger charge is -2.17. The molecule has 0 aliphatic carbocycles. The van der Waals surface area contributed by atoms with Gasteiger partial charge in [-0.1, -0.05) is 44.0 Å². The minimum atomic E-state index is 0.400. The second kappa shape index (κ2) is 6.93. The van der Waals surface area contributed by atoms with Gasteiger partial charge in [0.25, 0.3) is 0 Å². The fraction of sp³-hybridized carbons (Fsp3) is 0.571. The Morgan fingerprint density at radius 1 is 1.19 bits per heavy atom. The summed E-state index contributed by atoms with van der Waals surface area (Å²) in [5, 5.41) is 4.36. The summed E-state index contributed by atoms with van der Waals surface area (Å²) in [6.07, 6.45) is 2.55. The molecule has 0 saturated heterocycles. The van der Waals surface area contributed by atoms with Gasteiger partial charge < -0.3 is 5.32 Å². The summed E-state index contributed by atoms with van der Waals surface area (Å²) in [5.74, 6) is 0.750. The van der Waals surface area contributed by atoms with Gasteiger partial charge in [-0.05, 0) is 43.5 Å². The summed E-state index contributed by atoms with van der Waals surface area (Å²) in [6.45, 7) is 7.81. The summed E-state index contributed by atoms with van der Waals surface area (Å²) in [6, 6.07) is 8.47. The molecule has 0 heterocycles. The van der Waals surface area contributed by atoms with Crippen LogP contribution in [0.5, 0.6) is 0 Å². The molecule has 0 amide bonds. The van der Waals surface area contributed by atoms with Crippen LogP contribution in [0.15, 0.2) is 24.3 Å². The van der Waals surface area contributed by atoms with Crippen LogP contribution >= 0.6 is 11.6 Å². The van der Waals surface area contributed by atoms with Crippen LogP contribution in [0.25, 0.3) is 0 Å². The van der Waals surface area contributed by atoms with Gasteiger partial charge in [-0.3, -0.25) is 0 Å². The van der Waals surface area contributed by atoms with Crippen molar-refractivity contribution in [2.45, 2.75) is 39.7 Å². The molecular weight excluding hydrogens is 218 g/mol. The zero-order valence-corrected chi connectivity index (χ0v) is 11.2. The highest BCUT2D eigenvalue weighted by molar-refractivity contribution is 6.30. The van der Waals surface area contributed by atoms with Gasteiger partial charge in [0, 0.05) is 11.1 Å². The standard InChI is InChI=1S/C14H22ClN/c1-4-5-11(2)10-16-12(3)13-6-8-14(15)9-7-13/h6-9,11-12,16H,4-5,10H2,1-3H3/t11?,12-/m1/s1. The molecule has 1 unspecified atom stereocenters. The van der Waals surface area contributed by atoms with Crippen molar-refractivity contribution < 1.29 is 0 Å². The molecule has 1 N–H and O–H groups in total. The molecule has 1 aromatic rings. The molecule has 1 nitrogen and oxygen atoms in total. The lowest BCUT2D eigenvalue weighted by atomic mass is 10.0. The van der Waals surface area contributed by atoms with Gasteiger partial charge in [0.1, 0.15) is 0 Å². The van der Waals surface area contributed by atoms with Crippen molar-refractivity contribution in [2.24, 2.45) is 5.92 Å². The first kappa shape index (κ1) is 13.5. The molecule has 0 aliphatic rings.